The second-order valence-electron chi connectivity index (χ2n) is 7.93. The van der Waals surface area contributed by atoms with Crippen molar-refractivity contribution in [3.63, 3.8) is 0 Å². The summed E-state index contributed by atoms with van der Waals surface area (Å²) >= 11 is 0. The van der Waals surface area contributed by atoms with E-state index >= 15 is 0 Å². The average Bonchev–Trinajstić information content (AvgIpc) is 2.58. The molecule has 0 heterocycles. The number of hydrogen-bond donors (Lipinski definition) is 1. The minimum atomic E-state index is -1.26. The average molecular weight is 400 g/mol. The molecule has 0 aliphatic heterocycles. The first-order valence-electron chi connectivity index (χ1n) is 9.02. The van der Waals surface area contributed by atoms with Crippen LogP contribution in [0.5, 0.6) is 11.5 Å². The van der Waals surface area contributed by atoms with Gasteiger partial charge < -0.3 is 19.3 Å². The van der Waals surface area contributed by atoms with Crippen LogP contribution in [0.15, 0.2) is 36.4 Å². The number of hydrogen-bond acceptors (Lipinski definition) is 5. The van der Waals surface area contributed by atoms with Gasteiger partial charge in [-0.15, -0.1) is 0 Å². The third kappa shape index (κ3) is 6.81. The molecule has 0 fully saturated rings. The molecule has 154 valence electrons. The number of aliphatic hydroxyl groups is 1. The van der Waals surface area contributed by atoms with Crippen molar-refractivity contribution in [3.05, 3.63) is 47.8 Å². The van der Waals surface area contributed by atoms with E-state index in [1.165, 1.54) is 45.2 Å². The van der Waals surface area contributed by atoms with E-state index < -0.39 is 23.2 Å². The topological polar surface area (TPSA) is 65.0 Å². The van der Waals surface area contributed by atoms with Crippen LogP contribution in [0, 0.1) is 17.7 Å². The molecule has 0 aromatic heterocycles. The predicted octanol–water partition coefficient (Wildman–Crippen LogP) is 4.94. The Morgan fingerprint density at radius 1 is 1.00 bits per heavy atom. The third-order valence-electron chi connectivity index (χ3n) is 3.55. The van der Waals surface area contributed by atoms with Gasteiger partial charge in [0, 0.05) is 16.7 Å². The van der Waals surface area contributed by atoms with Gasteiger partial charge in [0.1, 0.15) is 28.5 Å². The molecule has 29 heavy (non-hydrogen) atoms. The highest BCUT2D eigenvalue weighted by Gasteiger charge is 2.19. The predicted molar refractivity (Wildman–Crippen MR) is 108 cm³/mol. The SMILES string of the molecule is COc1ccc(F)c(-c2ccc(OC(=O)OC(C)(C)C)cc2C#CC(C)(C)O)c1. The first-order valence-corrected chi connectivity index (χ1v) is 9.02. The van der Waals surface area contributed by atoms with Crippen LogP contribution < -0.4 is 9.47 Å². The molecule has 0 amide bonds. The van der Waals surface area contributed by atoms with Gasteiger partial charge in [0.15, 0.2) is 0 Å². The van der Waals surface area contributed by atoms with Gasteiger partial charge in [-0.3, -0.25) is 0 Å². The van der Waals surface area contributed by atoms with Crippen LogP contribution in [-0.4, -0.2) is 29.6 Å². The Kier molecular flexibility index (Phi) is 6.55. The smallest absolute Gasteiger partial charge is 0.497 e. The van der Waals surface area contributed by atoms with Crippen molar-refractivity contribution >= 4 is 6.16 Å². The van der Waals surface area contributed by atoms with Crippen molar-refractivity contribution in [1.29, 1.82) is 0 Å². The molecular weight excluding hydrogens is 375 g/mol. The Hall–Kier alpha value is -3.04. The van der Waals surface area contributed by atoms with E-state index in [1.807, 2.05) is 0 Å². The molecule has 0 spiro atoms. The van der Waals surface area contributed by atoms with Crippen molar-refractivity contribution in [2.24, 2.45) is 0 Å². The quantitative estimate of drug-likeness (QED) is 0.449. The molecule has 6 heteroatoms. The molecule has 0 bridgehead atoms. The number of methoxy groups -OCH3 is 1. The Morgan fingerprint density at radius 3 is 2.24 bits per heavy atom. The summed E-state index contributed by atoms with van der Waals surface area (Å²) in [5, 5.41) is 9.95. The van der Waals surface area contributed by atoms with E-state index in [9.17, 15) is 14.3 Å². The van der Waals surface area contributed by atoms with Gasteiger partial charge in [0.2, 0.25) is 0 Å². The lowest BCUT2D eigenvalue weighted by atomic mass is 9.98. The fraction of sp³-hybridized carbons (Fsp3) is 0.348. The van der Waals surface area contributed by atoms with Crippen LogP contribution >= 0.6 is 0 Å². The van der Waals surface area contributed by atoms with E-state index in [2.05, 4.69) is 11.8 Å². The third-order valence-corrected chi connectivity index (χ3v) is 3.55. The maximum absolute atomic E-state index is 14.5. The number of rotatable bonds is 3. The zero-order valence-corrected chi connectivity index (χ0v) is 17.4. The Bertz CT molecular complexity index is 956. The summed E-state index contributed by atoms with van der Waals surface area (Å²) in [6.07, 6.45) is -0.862. The van der Waals surface area contributed by atoms with E-state index in [-0.39, 0.29) is 11.3 Å². The second kappa shape index (κ2) is 8.54. The zero-order chi connectivity index (χ0) is 21.8. The highest BCUT2D eigenvalue weighted by atomic mass is 19.1. The molecule has 2 rings (SSSR count). The van der Waals surface area contributed by atoms with Gasteiger partial charge in [-0.05, 0) is 71.0 Å². The summed E-state index contributed by atoms with van der Waals surface area (Å²) in [4.78, 5) is 12.0. The summed E-state index contributed by atoms with van der Waals surface area (Å²) in [5.41, 5.74) is -0.848. The van der Waals surface area contributed by atoms with Gasteiger partial charge in [0.25, 0.3) is 0 Å². The van der Waals surface area contributed by atoms with Crippen LogP contribution in [0.2, 0.25) is 0 Å². The molecule has 0 unspecified atom stereocenters. The molecule has 1 N–H and O–H groups in total. The number of halogens is 1. The van der Waals surface area contributed by atoms with Crippen molar-refractivity contribution in [2.75, 3.05) is 7.11 Å². The molecule has 2 aromatic carbocycles. The largest absolute Gasteiger partial charge is 0.514 e. The lowest BCUT2D eigenvalue weighted by molar-refractivity contribution is 0.0206. The lowest BCUT2D eigenvalue weighted by Crippen LogP contribution is -2.26. The van der Waals surface area contributed by atoms with Crippen LogP contribution in [0.3, 0.4) is 0 Å². The highest BCUT2D eigenvalue weighted by Crippen LogP contribution is 2.32. The fourth-order valence-corrected chi connectivity index (χ4v) is 2.35. The van der Waals surface area contributed by atoms with E-state index in [1.54, 1.807) is 32.9 Å². The minimum absolute atomic E-state index is 0.186. The summed E-state index contributed by atoms with van der Waals surface area (Å²) in [5.74, 6) is 5.74. The summed E-state index contributed by atoms with van der Waals surface area (Å²) in [6, 6.07) is 8.97. The molecular formula is C23H25FO5. The van der Waals surface area contributed by atoms with E-state index in [0.29, 0.717) is 16.9 Å². The normalized spacial score (nSPS) is 11.3. The molecule has 0 saturated heterocycles. The van der Waals surface area contributed by atoms with E-state index in [4.69, 9.17) is 14.2 Å². The molecule has 2 aromatic rings. The molecule has 0 radical (unpaired) electrons. The maximum atomic E-state index is 14.5. The molecule has 0 aliphatic carbocycles. The molecule has 0 saturated carbocycles. The first kappa shape index (κ1) is 22.3. The van der Waals surface area contributed by atoms with Gasteiger partial charge in [-0.1, -0.05) is 11.8 Å². The van der Waals surface area contributed by atoms with Gasteiger partial charge >= 0.3 is 6.16 Å². The van der Waals surface area contributed by atoms with Crippen molar-refractivity contribution in [3.8, 4) is 34.5 Å². The molecule has 5 nitrogen and oxygen atoms in total. The Labute approximate surface area is 170 Å². The standard InChI is InChI=1S/C23H25FO5/c1-22(2,3)29-21(25)28-17-7-9-18(15(13-17)11-12-23(4,5)26)19-14-16(27-6)8-10-20(19)24/h7-10,13-14,26H,1-6H3. The van der Waals surface area contributed by atoms with Crippen LogP contribution in [-0.2, 0) is 4.74 Å². The van der Waals surface area contributed by atoms with Crippen LogP contribution in [0.1, 0.15) is 40.2 Å². The van der Waals surface area contributed by atoms with Crippen LogP contribution in [0.25, 0.3) is 11.1 Å². The number of carbonyl (C=O) groups is 1. The van der Waals surface area contributed by atoms with Crippen molar-refractivity contribution < 1.29 is 28.5 Å². The fourth-order valence-electron chi connectivity index (χ4n) is 2.35. The van der Waals surface area contributed by atoms with Gasteiger partial charge in [0.05, 0.1) is 7.11 Å². The zero-order valence-electron chi connectivity index (χ0n) is 17.4. The molecule has 0 atom stereocenters. The van der Waals surface area contributed by atoms with Crippen LogP contribution in [0.4, 0.5) is 9.18 Å². The summed E-state index contributed by atoms with van der Waals surface area (Å²) < 4.78 is 30.0. The highest BCUT2D eigenvalue weighted by molar-refractivity contribution is 5.75. The second-order valence-corrected chi connectivity index (χ2v) is 7.93. The Morgan fingerprint density at radius 2 is 1.66 bits per heavy atom. The Balaban J connectivity index is 2.51. The monoisotopic (exact) mass is 400 g/mol. The van der Waals surface area contributed by atoms with E-state index in [0.717, 1.165) is 0 Å². The van der Waals surface area contributed by atoms with Crippen molar-refractivity contribution in [1.82, 2.24) is 0 Å². The van der Waals surface area contributed by atoms with Gasteiger partial charge in [-0.2, -0.15) is 0 Å². The summed E-state index contributed by atoms with van der Waals surface area (Å²) in [6.45, 7) is 8.25. The number of benzene rings is 2. The number of ether oxygens (including phenoxy) is 3. The molecule has 0 aliphatic rings. The van der Waals surface area contributed by atoms with Crippen molar-refractivity contribution in [2.45, 2.75) is 45.8 Å². The maximum Gasteiger partial charge on any atom is 0.514 e. The summed E-state index contributed by atoms with van der Waals surface area (Å²) in [7, 11) is 1.49. The van der Waals surface area contributed by atoms with Gasteiger partial charge in [-0.25, -0.2) is 9.18 Å². The minimum Gasteiger partial charge on any atom is -0.497 e. The lowest BCUT2D eigenvalue weighted by Gasteiger charge is -2.19. The number of carbonyl (C=O) groups excluding carboxylic acids is 1. The first-order chi connectivity index (χ1) is 13.4.